The summed E-state index contributed by atoms with van der Waals surface area (Å²) >= 11 is 0. The molecule has 1 aliphatic rings. The number of hydrogen-bond acceptors (Lipinski definition) is 6. The van der Waals surface area contributed by atoms with E-state index in [4.69, 9.17) is 5.26 Å². The summed E-state index contributed by atoms with van der Waals surface area (Å²) < 4.78 is 1.62. The van der Waals surface area contributed by atoms with Crippen LogP contribution >= 0.6 is 0 Å². The second-order valence-corrected chi connectivity index (χ2v) is 8.42. The number of carbonyl (C=O) groups is 1. The zero-order valence-electron chi connectivity index (χ0n) is 19.3. The van der Waals surface area contributed by atoms with E-state index in [1.165, 1.54) is 0 Å². The fourth-order valence-corrected chi connectivity index (χ4v) is 4.34. The van der Waals surface area contributed by atoms with E-state index in [-0.39, 0.29) is 11.6 Å². The lowest BCUT2D eigenvalue weighted by Gasteiger charge is -2.24. The highest BCUT2D eigenvalue weighted by Crippen LogP contribution is 2.23. The summed E-state index contributed by atoms with van der Waals surface area (Å²) in [4.78, 5) is 28.0. The van der Waals surface area contributed by atoms with Gasteiger partial charge < -0.3 is 9.80 Å². The van der Waals surface area contributed by atoms with Crippen LogP contribution in [-0.2, 0) is 6.54 Å². The van der Waals surface area contributed by atoms with Gasteiger partial charge in [0.15, 0.2) is 0 Å². The van der Waals surface area contributed by atoms with Crippen molar-refractivity contribution in [3.05, 3.63) is 86.7 Å². The number of hydrogen-bond donors (Lipinski definition) is 0. The van der Waals surface area contributed by atoms with E-state index in [1.807, 2.05) is 41.3 Å². The van der Waals surface area contributed by atoms with Gasteiger partial charge in [-0.25, -0.2) is 0 Å². The van der Waals surface area contributed by atoms with Gasteiger partial charge in [0.25, 0.3) is 5.91 Å². The molecule has 0 unspecified atom stereocenters. The van der Waals surface area contributed by atoms with E-state index in [1.54, 1.807) is 30.7 Å². The zero-order chi connectivity index (χ0) is 24.2. The second-order valence-electron chi connectivity index (χ2n) is 8.42. The van der Waals surface area contributed by atoms with Crippen molar-refractivity contribution < 1.29 is 9.72 Å². The molecule has 0 saturated carbocycles. The molecule has 3 aromatic rings. The van der Waals surface area contributed by atoms with Gasteiger partial charge in [0.2, 0.25) is 0 Å². The van der Waals surface area contributed by atoms with Gasteiger partial charge >= 0.3 is 5.69 Å². The third-order valence-electron chi connectivity index (χ3n) is 6.20. The largest absolute Gasteiger partial charge is 0.370 e. The molecule has 1 aromatic heterocycles. The van der Waals surface area contributed by atoms with Crippen LogP contribution in [0.5, 0.6) is 0 Å². The highest BCUT2D eigenvalue weighted by molar-refractivity contribution is 5.94. The Kier molecular flexibility index (Phi) is 6.59. The maximum Gasteiger partial charge on any atom is 0.312 e. The normalized spacial score (nSPS) is 13.9. The van der Waals surface area contributed by atoms with Crippen LogP contribution in [0.15, 0.2) is 48.5 Å². The molecule has 2 heterocycles. The van der Waals surface area contributed by atoms with Crippen LogP contribution in [0.1, 0.15) is 39.3 Å². The fourth-order valence-electron chi connectivity index (χ4n) is 4.34. The van der Waals surface area contributed by atoms with E-state index in [2.05, 4.69) is 16.1 Å². The van der Waals surface area contributed by atoms with Gasteiger partial charge in [-0.1, -0.05) is 12.1 Å². The number of aryl methyl sites for hydroxylation is 1. The Morgan fingerprint density at radius 2 is 1.76 bits per heavy atom. The first kappa shape index (κ1) is 23.0. The number of benzene rings is 2. The average Bonchev–Trinajstić information content (AvgIpc) is 2.99. The highest BCUT2D eigenvalue weighted by Gasteiger charge is 2.23. The SMILES string of the molecule is Cc1nn(Cc2ccc(C(=O)N3CCCN(c4ccc(C#N)cc4)CC3)cc2)c(C)c1[N+](=O)[O-]. The van der Waals surface area contributed by atoms with Crippen molar-refractivity contribution in [3.63, 3.8) is 0 Å². The lowest BCUT2D eigenvalue weighted by molar-refractivity contribution is -0.386. The third kappa shape index (κ3) is 4.76. The average molecular weight is 459 g/mol. The van der Waals surface area contributed by atoms with Crippen LogP contribution in [0.2, 0.25) is 0 Å². The van der Waals surface area contributed by atoms with Crippen molar-refractivity contribution in [3.8, 4) is 6.07 Å². The molecule has 2 aromatic carbocycles. The van der Waals surface area contributed by atoms with Gasteiger partial charge in [-0.3, -0.25) is 19.6 Å². The van der Waals surface area contributed by atoms with E-state index in [0.717, 1.165) is 30.8 Å². The van der Waals surface area contributed by atoms with Gasteiger partial charge in [-0.2, -0.15) is 10.4 Å². The molecule has 0 spiro atoms. The lowest BCUT2D eigenvalue weighted by atomic mass is 10.1. The monoisotopic (exact) mass is 458 g/mol. The molecule has 4 rings (SSSR count). The lowest BCUT2D eigenvalue weighted by Crippen LogP contribution is -2.35. The summed E-state index contributed by atoms with van der Waals surface area (Å²) in [5.41, 5.74) is 4.18. The van der Waals surface area contributed by atoms with Crippen molar-refractivity contribution in [1.29, 1.82) is 5.26 Å². The number of nitro groups is 1. The van der Waals surface area contributed by atoms with Crippen molar-refractivity contribution in [2.24, 2.45) is 0 Å². The van der Waals surface area contributed by atoms with Crippen molar-refractivity contribution in [2.45, 2.75) is 26.8 Å². The maximum absolute atomic E-state index is 13.1. The molecule has 1 fully saturated rings. The smallest absolute Gasteiger partial charge is 0.312 e. The minimum atomic E-state index is -0.403. The Morgan fingerprint density at radius 1 is 1.06 bits per heavy atom. The minimum Gasteiger partial charge on any atom is -0.370 e. The predicted octanol–water partition coefficient (Wildman–Crippen LogP) is 3.68. The molecule has 0 bridgehead atoms. The van der Waals surface area contributed by atoms with Gasteiger partial charge in [-0.05, 0) is 62.2 Å². The highest BCUT2D eigenvalue weighted by atomic mass is 16.6. The van der Waals surface area contributed by atoms with Gasteiger partial charge in [-0.15, -0.1) is 0 Å². The van der Waals surface area contributed by atoms with Crippen LogP contribution in [0.25, 0.3) is 0 Å². The predicted molar refractivity (Wildman–Crippen MR) is 128 cm³/mol. The van der Waals surface area contributed by atoms with Crippen LogP contribution in [0.4, 0.5) is 11.4 Å². The number of carbonyl (C=O) groups excluding carboxylic acids is 1. The first-order valence-corrected chi connectivity index (χ1v) is 11.2. The summed E-state index contributed by atoms with van der Waals surface area (Å²) in [6.07, 6.45) is 0.862. The third-order valence-corrected chi connectivity index (χ3v) is 6.20. The van der Waals surface area contributed by atoms with Crippen molar-refractivity contribution >= 4 is 17.3 Å². The van der Waals surface area contributed by atoms with Crippen LogP contribution in [0, 0.1) is 35.3 Å². The topological polar surface area (TPSA) is 108 Å². The molecule has 1 aliphatic heterocycles. The Balaban J connectivity index is 1.40. The number of aromatic nitrogens is 2. The molecule has 1 saturated heterocycles. The fraction of sp³-hybridized carbons (Fsp3) is 0.320. The Labute approximate surface area is 198 Å². The number of rotatable bonds is 5. The van der Waals surface area contributed by atoms with E-state index in [9.17, 15) is 14.9 Å². The number of nitrogens with zero attached hydrogens (tertiary/aromatic N) is 6. The van der Waals surface area contributed by atoms with Crippen molar-refractivity contribution in [2.75, 3.05) is 31.1 Å². The molecular formula is C25H26N6O3. The Morgan fingerprint density at radius 3 is 2.38 bits per heavy atom. The van der Waals surface area contributed by atoms with Gasteiger partial charge in [0.05, 0.1) is 23.1 Å². The maximum atomic E-state index is 13.1. The van der Waals surface area contributed by atoms with E-state index >= 15 is 0 Å². The Hall–Kier alpha value is -4.19. The Bertz CT molecular complexity index is 1240. The van der Waals surface area contributed by atoms with Crippen LogP contribution in [0.3, 0.4) is 0 Å². The van der Waals surface area contributed by atoms with Gasteiger partial charge in [0, 0.05) is 37.4 Å². The molecule has 9 heteroatoms. The standard InChI is InChI=1S/C25H26N6O3/c1-18-24(31(33)34)19(2)30(27-18)17-21-4-8-22(9-5-21)25(32)29-13-3-12-28(14-15-29)23-10-6-20(16-26)7-11-23/h4-11H,3,12-15,17H2,1-2H3. The molecule has 34 heavy (non-hydrogen) atoms. The first-order chi connectivity index (χ1) is 16.4. The molecule has 0 aliphatic carbocycles. The number of anilines is 1. The zero-order valence-corrected chi connectivity index (χ0v) is 19.3. The summed E-state index contributed by atoms with van der Waals surface area (Å²) in [7, 11) is 0. The van der Waals surface area contributed by atoms with Gasteiger partial charge in [0.1, 0.15) is 11.4 Å². The summed E-state index contributed by atoms with van der Waals surface area (Å²) in [6.45, 7) is 6.61. The minimum absolute atomic E-state index is 0.00465. The van der Waals surface area contributed by atoms with E-state index < -0.39 is 4.92 Å². The second kappa shape index (κ2) is 9.75. The molecule has 0 radical (unpaired) electrons. The quantitative estimate of drug-likeness (QED) is 0.426. The molecule has 9 nitrogen and oxygen atoms in total. The van der Waals surface area contributed by atoms with Crippen LogP contribution in [-0.4, -0.2) is 51.7 Å². The number of nitriles is 1. The molecule has 174 valence electrons. The molecule has 0 N–H and O–H groups in total. The molecular weight excluding hydrogens is 432 g/mol. The summed E-state index contributed by atoms with van der Waals surface area (Å²) in [6, 6.07) is 17.0. The summed E-state index contributed by atoms with van der Waals surface area (Å²) in [5, 5.41) is 24.5. The molecule has 0 atom stereocenters. The first-order valence-electron chi connectivity index (χ1n) is 11.2. The van der Waals surface area contributed by atoms with E-state index in [0.29, 0.717) is 42.1 Å². The number of amides is 1. The van der Waals surface area contributed by atoms with Crippen molar-refractivity contribution in [1.82, 2.24) is 14.7 Å². The van der Waals surface area contributed by atoms with Crippen LogP contribution < -0.4 is 4.90 Å². The summed E-state index contributed by atoms with van der Waals surface area (Å²) in [5.74, 6) is -0.00465. The molecule has 1 amide bonds.